The summed E-state index contributed by atoms with van der Waals surface area (Å²) in [5.41, 5.74) is -1.74. The topological polar surface area (TPSA) is 150 Å². The molecule has 2 aromatic carbocycles. The highest BCUT2D eigenvalue weighted by molar-refractivity contribution is 7.91. The van der Waals surface area contributed by atoms with Crippen molar-refractivity contribution in [3.8, 4) is 0 Å². The van der Waals surface area contributed by atoms with Crippen LogP contribution in [0.15, 0.2) is 52.3 Å². The number of nitrogens with zero attached hydrogens (tertiary/aromatic N) is 2. The second kappa shape index (κ2) is 9.50. The number of amides is 4. The molecule has 4 amide bonds. The Morgan fingerprint density at radius 1 is 1.14 bits per heavy atom. The highest BCUT2D eigenvalue weighted by Crippen LogP contribution is 2.41. The Hall–Kier alpha value is -3.36. The maximum Gasteiger partial charge on any atom is 0.325 e. The molecule has 1 atom stereocenters. The van der Waals surface area contributed by atoms with Gasteiger partial charge in [0.2, 0.25) is 15.9 Å². The molecule has 1 unspecified atom stereocenters. The number of rotatable bonds is 7. The number of imide groups is 1. The summed E-state index contributed by atoms with van der Waals surface area (Å²) in [6, 6.07) is 7.43. The van der Waals surface area contributed by atoms with E-state index in [1.165, 1.54) is 28.6 Å². The summed E-state index contributed by atoms with van der Waals surface area (Å²) in [4.78, 5) is 39.1. The van der Waals surface area contributed by atoms with E-state index >= 15 is 0 Å². The molecule has 2 aliphatic heterocycles. The van der Waals surface area contributed by atoms with Crippen LogP contribution in [0.1, 0.15) is 25.8 Å². The molecule has 14 heteroatoms. The SMILES string of the molecule is CCN(CC)S(=O)(=O)c1ccc(NC(=O)CN2C(=O)NC3(CCS(=O)(=O)c4ccc(F)cc43)C2=O)cc1. The number of benzene rings is 2. The minimum atomic E-state index is -3.78. The predicted octanol–water partition coefficient (Wildman–Crippen LogP) is 1.42. The molecular weight excluding hydrogens is 527 g/mol. The fourth-order valence-corrected chi connectivity index (χ4v) is 7.62. The molecule has 2 aliphatic rings. The van der Waals surface area contributed by atoms with Gasteiger partial charge in [-0.15, -0.1) is 0 Å². The Kier molecular flexibility index (Phi) is 6.86. The highest BCUT2D eigenvalue weighted by atomic mass is 32.2. The van der Waals surface area contributed by atoms with Crippen LogP contribution in [0.4, 0.5) is 14.9 Å². The molecule has 2 heterocycles. The van der Waals surface area contributed by atoms with Crippen molar-refractivity contribution in [1.29, 1.82) is 0 Å². The second-order valence-electron chi connectivity index (χ2n) is 8.60. The van der Waals surface area contributed by atoms with E-state index in [0.717, 1.165) is 18.2 Å². The number of urea groups is 1. The Morgan fingerprint density at radius 2 is 1.78 bits per heavy atom. The van der Waals surface area contributed by atoms with E-state index in [4.69, 9.17) is 0 Å². The maximum absolute atomic E-state index is 14.0. The normalized spacial score (nSPS) is 20.7. The first-order chi connectivity index (χ1) is 17.4. The van der Waals surface area contributed by atoms with Gasteiger partial charge in [-0.25, -0.2) is 26.0 Å². The molecule has 0 bridgehead atoms. The third-order valence-electron chi connectivity index (χ3n) is 6.44. The van der Waals surface area contributed by atoms with Crippen molar-refractivity contribution in [1.82, 2.24) is 14.5 Å². The van der Waals surface area contributed by atoms with E-state index in [2.05, 4.69) is 10.6 Å². The summed E-state index contributed by atoms with van der Waals surface area (Å²) in [7, 11) is -7.47. The Labute approximate surface area is 213 Å². The average molecular weight is 553 g/mol. The van der Waals surface area contributed by atoms with Gasteiger partial charge in [-0.05, 0) is 48.9 Å². The first-order valence-corrected chi connectivity index (χ1v) is 14.5. The number of sulfone groups is 1. The van der Waals surface area contributed by atoms with E-state index < -0.39 is 61.4 Å². The molecule has 11 nitrogen and oxygen atoms in total. The number of nitrogens with one attached hydrogen (secondary N) is 2. The average Bonchev–Trinajstić information content (AvgIpc) is 3.07. The molecule has 0 radical (unpaired) electrons. The number of carbonyl (C=O) groups is 3. The molecule has 0 saturated carbocycles. The van der Waals surface area contributed by atoms with Gasteiger partial charge in [-0.1, -0.05) is 13.8 Å². The Bertz CT molecular complexity index is 1490. The minimum Gasteiger partial charge on any atom is -0.325 e. The molecule has 198 valence electrons. The van der Waals surface area contributed by atoms with E-state index in [-0.39, 0.29) is 27.5 Å². The summed E-state index contributed by atoms with van der Waals surface area (Å²) in [5, 5.41) is 4.96. The number of hydrogen-bond donors (Lipinski definition) is 2. The zero-order valence-electron chi connectivity index (χ0n) is 20.0. The van der Waals surface area contributed by atoms with Crippen molar-refractivity contribution >= 4 is 43.4 Å². The molecule has 4 rings (SSSR count). The molecule has 37 heavy (non-hydrogen) atoms. The zero-order chi connectivity index (χ0) is 27.2. The highest BCUT2D eigenvalue weighted by Gasteiger charge is 2.56. The van der Waals surface area contributed by atoms with Crippen LogP contribution in [0.3, 0.4) is 0 Å². The standard InChI is InChI=1S/C23H25FN4O7S2/c1-3-27(4-2)37(34,35)17-8-6-16(7-9-17)25-20(29)14-28-21(30)23(26-22(28)31)11-12-36(32,33)19-10-5-15(24)13-18(19)23/h5-10,13H,3-4,11-12,14H2,1-2H3,(H,25,29)(H,26,31). The second-order valence-corrected chi connectivity index (χ2v) is 12.6. The van der Waals surface area contributed by atoms with Gasteiger partial charge >= 0.3 is 6.03 Å². The van der Waals surface area contributed by atoms with Gasteiger partial charge in [0.15, 0.2) is 9.84 Å². The van der Waals surface area contributed by atoms with Crippen molar-refractivity contribution in [2.45, 2.75) is 35.6 Å². The Morgan fingerprint density at radius 3 is 2.41 bits per heavy atom. The van der Waals surface area contributed by atoms with Gasteiger partial charge in [0.1, 0.15) is 17.9 Å². The molecule has 2 aromatic rings. The van der Waals surface area contributed by atoms with Crippen molar-refractivity contribution in [3.63, 3.8) is 0 Å². The summed E-state index contributed by atoms with van der Waals surface area (Å²) in [6.07, 6.45) is -0.309. The van der Waals surface area contributed by atoms with E-state index in [9.17, 15) is 35.6 Å². The largest absolute Gasteiger partial charge is 0.325 e. The summed E-state index contributed by atoms with van der Waals surface area (Å²) in [6.45, 7) is 3.35. The van der Waals surface area contributed by atoms with Crippen molar-refractivity contribution in [2.24, 2.45) is 0 Å². The molecule has 1 fully saturated rings. The molecule has 1 saturated heterocycles. The number of carbonyl (C=O) groups excluding carboxylic acids is 3. The lowest BCUT2D eigenvalue weighted by atomic mass is 9.86. The van der Waals surface area contributed by atoms with E-state index in [1.54, 1.807) is 13.8 Å². The quantitative estimate of drug-likeness (QED) is 0.390. The van der Waals surface area contributed by atoms with Gasteiger partial charge in [0, 0.05) is 24.3 Å². The zero-order valence-corrected chi connectivity index (χ0v) is 21.7. The van der Waals surface area contributed by atoms with Crippen LogP contribution in [0.2, 0.25) is 0 Å². The van der Waals surface area contributed by atoms with Crippen LogP contribution in [0.25, 0.3) is 0 Å². The molecule has 2 N–H and O–H groups in total. The maximum atomic E-state index is 14.0. The van der Waals surface area contributed by atoms with Crippen LogP contribution >= 0.6 is 0 Å². The number of fused-ring (bicyclic) bond motifs is 2. The smallest absolute Gasteiger partial charge is 0.325 e. The predicted molar refractivity (Wildman–Crippen MR) is 130 cm³/mol. The first kappa shape index (κ1) is 26.7. The summed E-state index contributed by atoms with van der Waals surface area (Å²) >= 11 is 0. The Balaban J connectivity index is 1.52. The summed E-state index contributed by atoms with van der Waals surface area (Å²) < 4.78 is 65.5. The van der Waals surface area contributed by atoms with Crippen LogP contribution < -0.4 is 10.6 Å². The monoisotopic (exact) mass is 552 g/mol. The molecule has 1 spiro atoms. The molecule has 0 aliphatic carbocycles. The van der Waals surface area contributed by atoms with Crippen LogP contribution in [-0.4, -0.2) is 69.3 Å². The third-order valence-corrected chi connectivity index (χ3v) is 10.3. The van der Waals surface area contributed by atoms with Crippen LogP contribution in [-0.2, 0) is 35.0 Å². The van der Waals surface area contributed by atoms with Gasteiger partial charge in [-0.2, -0.15) is 4.31 Å². The fraction of sp³-hybridized carbons (Fsp3) is 0.348. The van der Waals surface area contributed by atoms with Gasteiger partial charge in [0.25, 0.3) is 5.91 Å². The van der Waals surface area contributed by atoms with Crippen LogP contribution in [0.5, 0.6) is 0 Å². The van der Waals surface area contributed by atoms with Gasteiger partial charge < -0.3 is 10.6 Å². The van der Waals surface area contributed by atoms with Crippen molar-refractivity contribution < 1.29 is 35.6 Å². The fourth-order valence-electron chi connectivity index (χ4n) is 4.53. The number of anilines is 1. The van der Waals surface area contributed by atoms with Crippen LogP contribution in [0, 0.1) is 5.82 Å². The molecule has 0 aromatic heterocycles. The van der Waals surface area contributed by atoms with Crippen molar-refractivity contribution in [2.75, 3.05) is 30.7 Å². The number of hydrogen-bond acceptors (Lipinski definition) is 7. The minimum absolute atomic E-state index is 0.0448. The number of sulfonamides is 1. The van der Waals surface area contributed by atoms with Crippen molar-refractivity contribution in [3.05, 3.63) is 53.8 Å². The van der Waals surface area contributed by atoms with Gasteiger partial charge in [0.05, 0.1) is 15.5 Å². The van der Waals surface area contributed by atoms with Gasteiger partial charge in [-0.3, -0.25) is 14.5 Å². The molecular formula is C23H25FN4O7S2. The first-order valence-electron chi connectivity index (χ1n) is 11.4. The number of halogens is 1. The lowest BCUT2D eigenvalue weighted by Gasteiger charge is -2.32. The van der Waals surface area contributed by atoms with E-state index in [1.807, 2.05) is 0 Å². The lowest BCUT2D eigenvalue weighted by Crippen LogP contribution is -2.49. The van der Waals surface area contributed by atoms with E-state index in [0.29, 0.717) is 18.0 Å². The summed E-state index contributed by atoms with van der Waals surface area (Å²) in [5.74, 6) is -2.83. The lowest BCUT2D eigenvalue weighted by molar-refractivity contribution is -0.134. The third kappa shape index (κ3) is 4.60.